The number of nitrogens with zero attached hydrogens (tertiary/aromatic N) is 2. The molecule has 0 aliphatic carbocycles. The molecule has 0 aromatic carbocycles. The van der Waals surface area contributed by atoms with Gasteiger partial charge in [-0.2, -0.15) is 0 Å². The third-order valence-electron chi connectivity index (χ3n) is 2.50. The maximum absolute atomic E-state index is 4.29. The van der Waals surface area contributed by atoms with Crippen LogP contribution in [0, 0.1) is 6.92 Å². The molecule has 1 aromatic rings. The summed E-state index contributed by atoms with van der Waals surface area (Å²) >= 11 is 0. The smallest absolute Gasteiger partial charge is 0.137 e. The van der Waals surface area contributed by atoms with Crippen LogP contribution in [0.5, 0.6) is 0 Å². The lowest BCUT2D eigenvalue weighted by Crippen LogP contribution is -2.23. The summed E-state index contributed by atoms with van der Waals surface area (Å²) in [4.78, 5) is 9.56. The molecule has 12 heavy (non-hydrogen) atoms. The van der Waals surface area contributed by atoms with Gasteiger partial charge in [0.25, 0.3) is 0 Å². The van der Waals surface area contributed by atoms with Crippen LogP contribution in [0.25, 0.3) is 0 Å². The summed E-state index contributed by atoms with van der Waals surface area (Å²) < 4.78 is 0. The molecule has 3 heteroatoms. The normalized spacial score (nSPS) is 21.2. The molecule has 1 atom stereocenters. The minimum absolute atomic E-state index is 0.434. The van der Waals surface area contributed by atoms with Crippen molar-refractivity contribution >= 4 is 12.2 Å². The highest BCUT2D eigenvalue weighted by molar-refractivity contribution is 5.67. The van der Waals surface area contributed by atoms with Crippen LogP contribution >= 0.6 is 0 Å². The van der Waals surface area contributed by atoms with E-state index in [2.05, 4.69) is 28.7 Å². The first-order chi connectivity index (χ1) is 5.70. The Hall–Kier alpha value is -1.25. The fourth-order valence-corrected chi connectivity index (χ4v) is 1.61. The highest BCUT2D eigenvalue weighted by Crippen LogP contribution is 2.33. The number of hydrogen-bond acceptors (Lipinski definition) is 2. The van der Waals surface area contributed by atoms with Crippen LogP contribution in [-0.2, 0) is 0 Å². The predicted molar refractivity (Wildman–Crippen MR) is 49.9 cm³/mol. The maximum atomic E-state index is 4.29. The molecule has 0 saturated carbocycles. The minimum Gasteiger partial charge on any atom is -0.359 e. The Kier molecular flexibility index (Phi) is 1.46. The van der Waals surface area contributed by atoms with Gasteiger partial charge in [-0.1, -0.05) is 0 Å². The highest BCUT2D eigenvalue weighted by Gasteiger charge is 2.20. The van der Waals surface area contributed by atoms with E-state index in [1.807, 2.05) is 19.6 Å². The number of aryl methyl sites for hydroxylation is 1. The predicted octanol–water partition coefficient (Wildman–Crippen LogP) is 1.99. The van der Waals surface area contributed by atoms with Gasteiger partial charge in [0.15, 0.2) is 0 Å². The van der Waals surface area contributed by atoms with Gasteiger partial charge in [-0.25, -0.2) is 4.99 Å². The van der Waals surface area contributed by atoms with Gasteiger partial charge in [0, 0.05) is 18.8 Å². The topological polar surface area (TPSA) is 31.4 Å². The van der Waals surface area contributed by atoms with E-state index in [-0.39, 0.29) is 0 Å². The molecule has 1 aliphatic rings. The number of aromatic amines is 1. The molecule has 0 saturated heterocycles. The summed E-state index contributed by atoms with van der Waals surface area (Å²) in [6.45, 7) is 4.30. The van der Waals surface area contributed by atoms with E-state index in [1.54, 1.807) is 0 Å². The van der Waals surface area contributed by atoms with Crippen LogP contribution in [0.4, 0.5) is 5.82 Å². The summed E-state index contributed by atoms with van der Waals surface area (Å²) in [6.07, 6.45) is 3.88. The average Bonchev–Trinajstić information content (AvgIpc) is 2.41. The molecule has 64 valence electrons. The summed E-state index contributed by atoms with van der Waals surface area (Å²) in [7, 11) is 2.05. The molecule has 3 nitrogen and oxygen atoms in total. The second-order valence-electron chi connectivity index (χ2n) is 3.32. The van der Waals surface area contributed by atoms with Crippen molar-refractivity contribution < 1.29 is 0 Å². The van der Waals surface area contributed by atoms with Gasteiger partial charge in [0.2, 0.25) is 0 Å². The van der Waals surface area contributed by atoms with E-state index in [0.717, 1.165) is 5.82 Å². The van der Waals surface area contributed by atoms with Gasteiger partial charge in [-0.05, 0) is 19.4 Å². The molecular formula is C9H13N3. The van der Waals surface area contributed by atoms with Crippen molar-refractivity contribution in [3.8, 4) is 0 Å². The van der Waals surface area contributed by atoms with Crippen molar-refractivity contribution in [1.29, 1.82) is 0 Å². The van der Waals surface area contributed by atoms with Crippen molar-refractivity contribution in [3.05, 3.63) is 17.3 Å². The molecule has 0 bridgehead atoms. The standard InChI is InChI=1S/C9H13N3/c1-6-4-10-9-8(6)7(2)12(3)5-11-9/h4-5,7,10H,1-3H3. The first kappa shape index (κ1) is 7.40. The van der Waals surface area contributed by atoms with E-state index in [1.165, 1.54) is 11.1 Å². The number of aliphatic imine (C=N–C) groups is 1. The number of aromatic nitrogens is 1. The third-order valence-corrected chi connectivity index (χ3v) is 2.50. The second-order valence-corrected chi connectivity index (χ2v) is 3.32. The number of H-pyrrole nitrogens is 1. The minimum atomic E-state index is 0.434. The molecule has 1 aliphatic heterocycles. The van der Waals surface area contributed by atoms with E-state index < -0.39 is 0 Å². The van der Waals surface area contributed by atoms with Crippen molar-refractivity contribution in [2.75, 3.05) is 7.05 Å². The van der Waals surface area contributed by atoms with Gasteiger partial charge in [0.1, 0.15) is 5.82 Å². The molecule has 1 unspecified atom stereocenters. The summed E-state index contributed by atoms with van der Waals surface area (Å²) in [5, 5.41) is 0. The Bertz CT molecular complexity index is 325. The van der Waals surface area contributed by atoms with Crippen molar-refractivity contribution in [2.24, 2.45) is 4.99 Å². The molecule has 0 fully saturated rings. The summed E-state index contributed by atoms with van der Waals surface area (Å²) in [6, 6.07) is 0.434. The van der Waals surface area contributed by atoms with Crippen LogP contribution in [0.2, 0.25) is 0 Å². The Morgan fingerprint density at radius 2 is 2.33 bits per heavy atom. The van der Waals surface area contributed by atoms with E-state index in [0.29, 0.717) is 6.04 Å². The van der Waals surface area contributed by atoms with E-state index in [4.69, 9.17) is 0 Å². The van der Waals surface area contributed by atoms with Crippen molar-refractivity contribution in [2.45, 2.75) is 19.9 Å². The quantitative estimate of drug-likeness (QED) is 0.623. The zero-order valence-electron chi connectivity index (χ0n) is 7.63. The Labute approximate surface area is 72.1 Å². The molecule has 0 amide bonds. The maximum Gasteiger partial charge on any atom is 0.137 e. The SMILES string of the molecule is Cc1c[nH]c2c1C(C)N(C)C=N2. The van der Waals surface area contributed by atoms with Crippen LogP contribution in [0.1, 0.15) is 24.1 Å². The van der Waals surface area contributed by atoms with Crippen molar-refractivity contribution in [1.82, 2.24) is 9.88 Å². The lowest BCUT2D eigenvalue weighted by Gasteiger charge is -2.26. The zero-order valence-corrected chi connectivity index (χ0v) is 7.63. The van der Waals surface area contributed by atoms with E-state index >= 15 is 0 Å². The second kappa shape index (κ2) is 2.37. The average molecular weight is 163 g/mol. The first-order valence-electron chi connectivity index (χ1n) is 4.14. The van der Waals surface area contributed by atoms with Crippen LogP contribution in [-0.4, -0.2) is 23.3 Å². The highest BCUT2D eigenvalue weighted by atomic mass is 15.2. The van der Waals surface area contributed by atoms with Crippen LogP contribution in [0.3, 0.4) is 0 Å². The third kappa shape index (κ3) is 0.858. The van der Waals surface area contributed by atoms with E-state index in [9.17, 15) is 0 Å². The Morgan fingerprint density at radius 1 is 1.58 bits per heavy atom. The molecule has 0 spiro atoms. The molecule has 2 rings (SSSR count). The number of hydrogen-bond donors (Lipinski definition) is 1. The van der Waals surface area contributed by atoms with Gasteiger partial charge < -0.3 is 9.88 Å². The number of rotatable bonds is 0. The van der Waals surface area contributed by atoms with Crippen LogP contribution < -0.4 is 0 Å². The fourth-order valence-electron chi connectivity index (χ4n) is 1.61. The Balaban J connectivity index is 2.55. The molecular weight excluding hydrogens is 150 g/mol. The van der Waals surface area contributed by atoms with Crippen molar-refractivity contribution in [3.63, 3.8) is 0 Å². The fraction of sp³-hybridized carbons (Fsp3) is 0.444. The number of fused-ring (bicyclic) bond motifs is 1. The van der Waals surface area contributed by atoms with Gasteiger partial charge in [0.05, 0.1) is 12.4 Å². The molecule has 1 N–H and O–H groups in total. The Morgan fingerprint density at radius 3 is 3.08 bits per heavy atom. The van der Waals surface area contributed by atoms with Gasteiger partial charge >= 0.3 is 0 Å². The molecule has 2 heterocycles. The van der Waals surface area contributed by atoms with Crippen LogP contribution in [0.15, 0.2) is 11.2 Å². The first-order valence-corrected chi connectivity index (χ1v) is 4.14. The molecule has 0 radical (unpaired) electrons. The van der Waals surface area contributed by atoms with Gasteiger partial charge in [-0.3, -0.25) is 0 Å². The summed E-state index contributed by atoms with van der Waals surface area (Å²) in [5.74, 6) is 1.01. The lowest BCUT2D eigenvalue weighted by molar-refractivity contribution is 0.407. The lowest BCUT2D eigenvalue weighted by atomic mass is 10.1. The number of nitrogens with one attached hydrogen (secondary N) is 1. The molecule has 1 aromatic heterocycles. The largest absolute Gasteiger partial charge is 0.359 e. The van der Waals surface area contributed by atoms with Gasteiger partial charge in [-0.15, -0.1) is 0 Å². The zero-order chi connectivity index (χ0) is 8.72. The summed E-state index contributed by atoms with van der Waals surface area (Å²) in [5.41, 5.74) is 2.61. The monoisotopic (exact) mass is 163 g/mol.